The highest BCUT2D eigenvalue weighted by Crippen LogP contribution is 2.23. The van der Waals surface area contributed by atoms with E-state index >= 15 is 0 Å². The lowest BCUT2D eigenvalue weighted by Gasteiger charge is -2.27. The first-order valence-corrected chi connectivity index (χ1v) is 10.5. The van der Waals surface area contributed by atoms with Crippen molar-refractivity contribution in [2.45, 2.75) is 25.2 Å². The summed E-state index contributed by atoms with van der Waals surface area (Å²) >= 11 is 0. The molecule has 2 aromatic carbocycles. The van der Waals surface area contributed by atoms with Gasteiger partial charge in [0.05, 0.1) is 23.8 Å². The van der Waals surface area contributed by atoms with Gasteiger partial charge < -0.3 is 9.64 Å². The average molecular weight is 388 g/mol. The molecule has 1 aliphatic rings. The second-order valence-electron chi connectivity index (χ2n) is 6.50. The standard InChI is InChI=1S/C20H24N2O4S/c1-3-16-6-4-5-7-19(16)21-27(24,25)17-9-8-15(2)18(14-17)20(23)22-10-12-26-13-11-22/h4-9,14,21H,3,10-13H2,1-2H3. The van der Waals surface area contributed by atoms with Gasteiger partial charge in [0.2, 0.25) is 0 Å². The van der Waals surface area contributed by atoms with E-state index in [1.807, 2.05) is 26.0 Å². The molecule has 0 aliphatic carbocycles. The van der Waals surface area contributed by atoms with Gasteiger partial charge >= 0.3 is 0 Å². The topological polar surface area (TPSA) is 75.7 Å². The highest BCUT2D eigenvalue weighted by atomic mass is 32.2. The lowest BCUT2D eigenvalue weighted by atomic mass is 10.1. The second-order valence-corrected chi connectivity index (χ2v) is 8.18. The summed E-state index contributed by atoms with van der Waals surface area (Å²) in [5.74, 6) is -0.165. The molecule has 1 heterocycles. The largest absolute Gasteiger partial charge is 0.378 e. The number of hydrogen-bond donors (Lipinski definition) is 1. The van der Waals surface area contributed by atoms with Crippen LogP contribution in [-0.2, 0) is 21.2 Å². The van der Waals surface area contributed by atoms with Gasteiger partial charge in [0.25, 0.3) is 15.9 Å². The van der Waals surface area contributed by atoms with Gasteiger partial charge in [-0.2, -0.15) is 0 Å². The third-order valence-corrected chi connectivity index (χ3v) is 6.05. The minimum Gasteiger partial charge on any atom is -0.378 e. The molecule has 0 atom stereocenters. The summed E-state index contributed by atoms with van der Waals surface area (Å²) in [7, 11) is -3.79. The number of rotatable bonds is 5. The van der Waals surface area contributed by atoms with Crippen LogP contribution in [0.4, 0.5) is 5.69 Å². The van der Waals surface area contributed by atoms with Crippen LogP contribution in [0, 0.1) is 6.92 Å². The molecule has 0 radical (unpaired) electrons. The van der Waals surface area contributed by atoms with Crippen LogP contribution in [0.3, 0.4) is 0 Å². The number of morpholine rings is 1. The number of ether oxygens (including phenoxy) is 1. The SMILES string of the molecule is CCc1ccccc1NS(=O)(=O)c1ccc(C)c(C(=O)N2CCOCC2)c1. The molecule has 0 unspecified atom stereocenters. The summed E-state index contributed by atoms with van der Waals surface area (Å²) in [6.07, 6.45) is 0.716. The van der Waals surface area contributed by atoms with Crippen LogP contribution in [-0.4, -0.2) is 45.5 Å². The van der Waals surface area contributed by atoms with E-state index in [1.165, 1.54) is 12.1 Å². The summed E-state index contributed by atoms with van der Waals surface area (Å²) in [6.45, 7) is 5.80. The molecule has 0 bridgehead atoms. The van der Waals surface area contributed by atoms with Crippen molar-refractivity contribution in [3.63, 3.8) is 0 Å². The number of benzene rings is 2. The summed E-state index contributed by atoms with van der Waals surface area (Å²) < 4.78 is 33.7. The van der Waals surface area contributed by atoms with Gasteiger partial charge in [-0.25, -0.2) is 8.42 Å². The van der Waals surface area contributed by atoms with Gasteiger partial charge in [-0.1, -0.05) is 31.2 Å². The van der Waals surface area contributed by atoms with Crippen molar-refractivity contribution in [1.82, 2.24) is 4.90 Å². The molecular formula is C20H24N2O4S. The van der Waals surface area contributed by atoms with E-state index in [1.54, 1.807) is 23.1 Å². The van der Waals surface area contributed by atoms with Gasteiger partial charge in [-0.15, -0.1) is 0 Å². The Morgan fingerprint density at radius 3 is 2.56 bits per heavy atom. The molecule has 1 aliphatic heterocycles. The molecule has 0 spiro atoms. The van der Waals surface area contributed by atoms with Gasteiger partial charge in [0.15, 0.2) is 0 Å². The van der Waals surface area contributed by atoms with Crippen LogP contribution < -0.4 is 4.72 Å². The summed E-state index contributed by atoms with van der Waals surface area (Å²) in [5.41, 5.74) is 2.63. The number of nitrogens with one attached hydrogen (secondary N) is 1. The Balaban J connectivity index is 1.91. The number of hydrogen-bond acceptors (Lipinski definition) is 4. The lowest BCUT2D eigenvalue weighted by molar-refractivity contribution is 0.0302. The number of carbonyl (C=O) groups excluding carboxylic acids is 1. The molecule has 7 heteroatoms. The Labute approximate surface area is 160 Å². The van der Waals surface area contributed by atoms with Crippen molar-refractivity contribution < 1.29 is 17.9 Å². The van der Waals surface area contributed by atoms with Gasteiger partial charge in [-0.05, 0) is 42.7 Å². The van der Waals surface area contributed by atoms with Crippen LogP contribution in [0.15, 0.2) is 47.4 Å². The number of amides is 1. The third kappa shape index (κ3) is 4.31. The van der Waals surface area contributed by atoms with Gasteiger partial charge in [0.1, 0.15) is 0 Å². The molecule has 1 N–H and O–H groups in total. The normalized spacial score (nSPS) is 14.8. The summed E-state index contributed by atoms with van der Waals surface area (Å²) in [5, 5.41) is 0. The number of anilines is 1. The first kappa shape index (κ1) is 19.4. The maximum absolute atomic E-state index is 12.9. The molecule has 144 valence electrons. The van der Waals surface area contributed by atoms with Crippen molar-refractivity contribution in [2.24, 2.45) is 0 Å². The van der Waals surface area contributed by atoms with E-state index in [4.69, 9.17) is 4.74 Å². The van der Waals surface area contributed by atoms with Crippen molar-refractivity contribution in [3.8, 4) is 0 Å². The molecule has 2 aromatic rings. The lowest BCUT2D eigenvalue weighted by Crippen LogP contribution is -2.41. The second kappa shape index (κ2) is 8.10. The summed E-state index contributed by atoms with van der Waals surface area (Å²) in [4.78, 5) is 14.6. The Kier molecular flexibility index (Phi) is 5.82. The Hall–Kier alpha value is -2.38. The zero-order valence-electron chi connectivity index (χ0n) is 15.6. The van der Waals surface area contributed by atoms with Crippen molar-refractivity contribution >= 4 is 21.6 Å². The quantitative estimate of drug-likeness (QED) is 0.855. The first-order chi connectivity index (χ1) is 12.9. The number of aryl methyl sites for hydroxylation is 2. The Morgan fingerprint density at radius 2 is 1.85 bits per heavy atom. The Morgan fingerprint density at radius 1 is 1.15 bits per heavy atom. The first-order valence-electron chi connectivity index (χ1n) is 9.01. The molecule has 0 saturated carbocycles. The van der Waals surface area contributed by atoms with Gasteiger partial charge in [-0.3, -0.25) is 9.52 Å². The van der Waals surface area contributed by atoms with E-state index in [2.05, 4.69) is 4.72 Å². The predicted octanol–water partition coefficient (Wildman–Crippen LogP) is 2.83. The summed E-state index contributed by atoms with van der Waals surface area (Å²) in [6, 6.07) is 12.0. The molecular weight excluding hydrogens is 364 g/mol. The number of para-hydroxylation sites is 1. The fourth-order valence-corrected chi connectivity index (χ4v) is 4.19. The molecule has 6 nitrogen and oxygen atoms in total. The van der Waals surface area contributed by atoms with Crippen molar-refractivity contribution in [2.75, 3.05) is 31.0 Å². The van der Waals surface area contributed by atoms with Crippen LogP contribution in [0.2, 0.25) is 0 Å². The van der Waals surface area contributed by atoms with E-state index in [9.17, 15) is 13.2 Å². The van der Waals surface area contributed by atoms with Crippen molar-refractivity contribution in [3.05, 3.63) is 59.2 Å². The van der Waals surface area contributed by atoms with E-state index in [0.717, 1.165) is 11.1 Å². The smallest absolute Gasteiger partial charge is 0.261 e. The van der Waals surface area contributed by atoms with Crippen LogP contribution >= 0.6 is 0 Å². The maximum Gasteiger partial charge on any atom is 0.261 e. The third-order valence-electron chi connectivity index (χ3n) is 4.69. The number of nitrogens with zero attached hydrogens (tertiary/aromatic N) is 1. The van der Waals surface area contributed by atoms with Crippen molar-refractivity contribution in [1.29, 1.82) is 0 Å². The Bertz CT molecular complexity index is 935. The van der Waals surface area contributed by atoms with Gasteiger partial charge in [0, 0.05) is 18.7 Å². The highest BCUT2D eigenvalue weighted by molar-refractivity contribution is 7.92. The predicted molar refractivity (Wildman–Crippen MR) is 105 cm³/mol. The van der Waals surface area contributed by atoms with E-state index < -0.39 is 10.0 Å². The molecule has 1 fully saturated rings. The molecule has 3 rings (SSSR count). The average Bonchev–Trinajstić information content (AvgIpc) is 2.68. The maximum atomic E-state index is 12.9. The molecule has 1 amide bonds. The highest BCUT2D eigenvalue weighted by Gasteiger charge is 2.23. The van der Waals surface area contributed by atoms with Crippen LogP contribution in [0.5, 0.6) is 0 Å². The minimum atomic E-state index is -3.79. The van der Waals surface area contributed by atoms with Crippen LogP contribution in [0.25, 0.3) is 0 Å². The fraction of sp³-hybridized carbons (Fsp3) is 0.350. The molecule has 0 aromatic heterocycles. The van der Waals surface area contributed by atoms with E-state index in [0.29, 0.717) is 44.0 Å². The zero-order valence-corrected chi connectivity index (χ0v) is 16.4. The number of sulfonamides is 1. The number of carbonyl (C=O) groups is 1. The fourth-order valence-electron chi connectivity index (χ4n) is 3.07. The zero-order chi connectivity index (χ0) is 19.4. The van der Waals surface area contributed by atoms with Crippen LogP contribution in [0.1, 0.15) is 28.4 Å². The molecule has 1 saturated heterocycles. The monoisotopic (exact) mass is 388 g/mol. The van der Waals surface area contributed by atoms with E-state index in [-0.39, 0.29) is 10.8 Å². The minimum absolute atomic E-state index is 0.0793. The molecule has 27 heavy (non-hydrogen) atoms.